The minimum absolute atomic E-state index is 0.0687. The van der Waals surface area contributed by atoms with E-state index in [-0.39, 0.29) is 18.0 Å². The molecule has 1 aromatic heterocycles. The molecule has 1 N–H and O–H groups in total. The predicted octanol–water partition coefficient (Wildman–Crippen LogP) is 4.52. The zero-order valence-electron chi connectivity index (χ0n) is 16.3. The van der Waals surface area contributed by atoms with Crippen LogP contribution in [0.15, 0.2) is 54.9 Å². The van der Waals surface area contributed by atoms with Gasteiger partial charge in [-0.2, -0.15) is 0 Å². The van der Waals surface area contributed by atoms with Crippen LogP contribution in [0.4, 0.5) is 0 Å². The molecule has 0 unspecified atom stereocenters. The fourth-order valence-electron chi connectivity index (χ4n) is 3.41. The van der Waals surface area contributed by atoms with Gasteiger partial charge in [-0.25, -0.2) is 4.79 Å². The zero-order chi connectivity index (χ0) is 21.3. The lowest BCUT2D eigenvalue weighted by Gasteiger charge is -2.12. The van der Waals surface area contributed by atoms with Crippen molar-refractivity contribution in [3.05, 3.63) is 99.7 Å². The highest BCUT2D eigenvalue weighted by Crippen LogP contribution is 2.20. The summed E-state index contributed by atoms with van der Waals surface area (Å²) in [5, 5.41) is 0. The second-order valence-corrected chi connectivity index (χ2v) is 8.84. The zero-order valence-corrected chi connectivity index (χ0v) is 19.5. The molecular formula is C22H20Br2N2O3. The molecule has 1 heterocycles. The van der Waals surface area contributed by atoms with Crippen molar-refractivity contribution in [2.24, 2.45) is 0 Å². The van der Waals surface area contributed by atoms with Gasteiger partial charge in [-0.15, -0.1) is 0 Å². The SMILES string of the molecule is CCc1c(C(=O)c2cc(C)cc(C)c2)[nH]c(=O)n(Cc2cc(Br)cc(Br)c2)c1=O. The van der Waals surface area contributed by atoms with E-state index >= 15 is 0 Å². The van der Waals surface area contributed by atoms with Gasteiger partial charge in [0.15, 0.2) is 0 Å². The monoisotopic (exact) mass is 518 g/mol. The van der Waals surface area contributed by atoms with E-state index in [1.54, 1.807) is 19.1 Å². The number of aryl methyl sites for hydroxylation is 2. The first kappa shape index (κ1) is 21.5. The minimum Gasteiger partial charge on any atom is -0.303 e. The molecule has 0 bridgehead atoms. The topological polar surface area (TPSA) is 71.9 Å². The average Bonchev–Trinajstić information content (AvgIpc) is 2.62. The molecule has 3 rings (SSSR count). The molecule has 0 aliphatic carbocycles. The highest BCUT2D eigenvalue weighted by molar-refractivity contribution is 9.11. The van der Waals surface area contributed by atoms with Gasteiger partial charge in [-0.1, -0.05) is 56.0 Å². The smallest absolute Gasteiger partial charge is 0.303 e. The molecule has 0 saturated carbocycles. The van der Waals surface area contributed by atoms with Gasteiger partial charge in [0.2, 0.25) is 5.78 Å². The third kappa shape index (κ3) is 4.67. The van der Waals surface area contributed by atoms with Crippen LogP contribution >= 0.6 is 31.9 Å². The number of carbonyl (C=O) groups excluding carboxylic acids is 1. The number of aromatic nitrogens is 2. The molecule has 2 aromatic carbocycles. The van der Waals surface area contributed by atoms with Gasteiger partial charge in [-0.05, 0) is 56.2 Å². The van der Waals surface area contributed by atoms with E-state index < -0.39 is 11.2 Å². The molecular weight excluding hydrogens is 500 g/mol. The maximum absolute atomic E-state index is 13.1. The summed E-state index contributed by atoms with van der Waals surface area (Å²) in [7, 11) is 0. The van der Waals surface area contributed by atoms with Gasteiger partial charge < -0.3 is 4.98 Å². The Kier molecular flexibility index (Phi) is 6.39. The van der Waals surface area contributed by atoms with Crippen molar-refractivity contribution in [3.8, 4) is 0 Å². The number of hydrogen-bond donors (Lipinski definition) is 1. The van der Waals surface area contributed by atoms with Crippen LogP contribution in [0.2, 0.25) is 0 Å². The first-order valence-corrected chi connectivity index (χ1v) is 10.7. The Labute approximate surface area is 185 Å². The predicted molar refractivity (Wildman–Crippen MR) is 121 cm³/mol. The van der Waals surface area contributed by atoms with Crippen molar-refractivity contribution < 1.29 is 4.79 Å². The lowest BCUT2D eigenvalue weighted by atomic mass is 9.99. The van der Waals surface area contributed by atoms with Crippen LogP contribution in [-0.2, 0) is 13.0 Å². The van der Waals surface area contributed by atoms with Crippen molar-refractivity contribution >= 4 is 37.6 Å². The van der Waals surface area contributed by atoms with Crippen molar-refractivity contribution in [1.82, 2.24) is 9.55 Å². The van der Waals surface area contributed by atoms with Crippen LogP contribution in [-0.4, -0.2) is 15.3 Å². The average molecular weight is 520 g/mol. The van der Waals surface area contributed by atoms with Crippen LogP contribution in [0.25, 0.3) is 0 Å². The number of ketones is 1. The van der Waals surface area contributed by atoms with Crippen molar-refractivity contribution in [2.75, 3.05) is 0 Å². The Morgan fingerprint density at radius 1 is 0.966 bits per heavy atom. The quantitative estimate of drug-likeness (QED) is 0.504. The summed E-state index contributed by atoms with van der Waals surface area (Å²) in [6, 6.07) is 11.1. The summed E-state index contributed by atoms with van der Waals surface area (Å²) in [6.45, 7) is 5.72. The molecule has 3 aromatic rings. The van der Waals surface area contributed by atoms with Crippen molar-refractivity contribution in [3.63, 3.8) is 0 Å². The maximum atomic E-state index is 13.1. The molecule has 150 valence electrons. The molecule has 0 aliphatic heterocycles. The van der Waals surface area contributed by atoms with E-state index in [2.05, 4.69) is 36.8 Å². The lowest BCUT2D eigenvalue weighted by molar-refractivity contribution is 0.103. The van der Waals surface area contributed by atoms with Gasteiger partial charge in [0, 0.05) is 20.1 Å². The van der Waals surface area contributed by atoms with Crippen molar-refractivity contribution in [2.45, 2.75) is 33.7 Å². The largest absolute Gasteiger partial charge is 0.329 e. The van der Waals surface area contributed by atoms with Crippen LogP contribution in [0.3, 0.4) is 0 Å². The summed E-state index contributed by atoms with van der Waals surface area (Å²) < 4.78 is 2.80. The van der Waals surface area contributed by atoms with E-state index in [1.165, 1.54) is 0 Å². The number of carbonyl (C=O) groups is 1. The molecule has 5 nitrogen and oxygen atoms in total. The molecule has 0 amide bonds. The Bertz CT molecular complexity index is 1190. The summed E-state index contributed by atoms with van der Waals surface area (Å²) in [6.07, 6.45) is 0.337. The Hall–Kier alpha value is -2.25. The van der Waals surface area contributed by atoms with Gasteiger partial charge >= 0.3 is 5.69 Å². The fraction of sp³-hybridized carbons (Fsp3) is 0.227. The maximum Gasteiger partial charge on any atom is 0.329 e. The van der Waals surface area contributed by atoms with Gasteiger partial charge in [0.25, 0.3) is 5.56 Å². The molecule has 0 aliphatic rings. The number of halogens is 2. The molecule has 0 fully saturated rings. The summed E-state index contributed by atoms with van der Waals surface area (Å²) in [4.78, 5) is 41.5. The van der Waals surface area contributed by atoms with Crippen LogP contribution < -0.4 is 11.2 Å². The third-order valence-corrected chi connectivity index (χ3v) is 5.53. The van der Waals surface area contributed by atoms with E-state index in [0.29, 0.717) is 17.5 Å². The number of nitrogens with zero attached hydrogens (tertiary/aromatic N) is 1. The van der Waals surface area contributed by atoms with Gasteiger partial charge in [-0.3, -0.25) is 14.2 Å². The minimum atomic E-state index is -0.601. The van der Waals surface area contributed by atoms with Crippen LogP contribution in [0.1, 0.15) is 45.2 Å². The second-order valence-electron chi connectivity index (χ2n) is 7.01. The summed E-state index contributed by atoms with van der Waals surface area (Å²) >= 11 is 6.82. The standard InChI is InChI=1S/C22H20Br2N2O3/c1-4-18-19(20(27)15-6-12(2)5-13(3)7-15)25-22(29)26(21(18)28)11-14-8-16(23)10-17(24)9-14/h5-10H,4,11H2,1-3H3,(H,25,29). The van der Waals surface area contributed by atoms with Crippen LogP contribution in [0.5, 0.6) is 0 Å². The highest BCUT2D eigenvalue weighted by atomic mass is 79.9. The van der Waals surface area contributed by atoms with E-state index in [4.69, 9.17) is 0 Å². The third-order valence-electron chi connectivity index (χ3n) is 4.61. The molecule has 0 saturated heterocycles. The molecule has 7 heteroatoms. The van der Waals surface area contributed by atoms with Gasteiger partial charge in [0.05, 0.1) is 12.2 Å². The van der Waals surface area contributed by atoms with Crippen molar-refractivity contribution in [1.29, 1.82) is 0 Å². The fourth-order valence-corrected chi connectivity index (χ4v) is 4.80. The number of nitrogens with one attached hydrogen (secondary N) is 1. The number of aromatic amines is 1. The Morgan fingerprint density at radius 2 is 1.55 bits per heavy atom. The number of rotatable bonds is 5. The second kappa shape index (κ2) is 8.63. The number of H-pyrrole nitrogens is 1. The van der Waals surface area contributed by atoms with E-state index in [0.717, 1.165) is 30.2 Å². The number of hydrogen-bond acceptors (Lipinski definition) is 3. The molecule has 29 heavy (non-hydrogen) atoms. The summed E-state index contributed by atoms with van der Waals surface area (Å²) in [5.74, 6) is -0.347. The first-order valence-electron chi connectivity index (χ1n) is 9.13. The van der Waals surface area contributed by atoms with Crippen LogP contribution in [0, 0.1) is 13.8 Å². The molecule has 0 radical (unpaired) electrons. The van der Waals surface area contributed by atoms with E-state index in [9.17, 15) is 14.4 Å². The Balaban J connectivity index is 2.11. The van der Waals surface area contributed by atoms with E-state index in [1.807, 2.05) is 38.1 Å². The molecule has 0 spiro atoms. The number of benzene rings is 2. The normalized spacial score (nSPS) is 10.9. The molecule has 0 atom stereocenters. The highest BCUT2D eigenvalue weighted by Gasteiger charge is 2.20. The Morgan fingerprint density at radius 3 is 2.10 bits per heavy atom. The first-order chi connectivity index (χ1) is 13.7. The lowest BCUT2D eigenvalue weighted by Crippen LogP contribution is -2.39. The summed E-state index contributed by atoms with van der Waals surface area (Å²) in [5.41, 5.74) is 2.47. The van der Waals surface area contributed by atoms with Gasteiger partial charge in [0.1, 0.15) is 0 Å².